The highest BCUT2D eigenvalue weighted by Crippen LogP contribution is 2.22. The van der Waals surface area contributed by atoms with Crippen molar-refractivity contribution < 1.29 is 9.53 Å². The number of carbonyl (C=O) groups excluding carboxylic acids is 1. The Morgan fingerprint density at radius 3 is 2.47 bits per heavy atom. The van der Waals surface area contributed by atoms with Crippen LogP contribution >= 0.6 is 0 Å². The van der Waals surface area contributed by atoms with Gasteiger partial charge in [-0.2, -0.15) is 0 Å². The summed E-state index contributed by atoms with van der Waals surface area (Å²) < 4.78 is 5.18. The fourth-order valence-corrected chi connectivity index (χ4v) is 1.82. The third-order valence-corrected chi connectivity index (χ3v) is 2.86. The van der Waals surface area contributed by atoms with Gasteiger partial charge in [0.25, 0.3) is 0 Å². The van der Waals surface area contributed by atoms with Crippen LogP contribution in [-0.4, -0.2) is 31.9 Å². The van der Waals surface area contributed by atoms with E-state index in [0.29, 0.717) is 5.56 Å². The average molecular weight is 255 g/mol. The van der Waals surface area contributed by atoms with Gasteiger partial charge in [0, 0.05) is 31.9 Å². The van der Waals surface area contributed by atoms with E-state index < -0.39 is 0 Å². The van der Waals surface area contributed by atoms with E-state index in [1.54, 1.807) is 19.4 Å². The third kappa shape index (κ3) is 3.13. The van der Waals surface area contributed by atoms with Crippen molar-refractivity contribution in [2.24, 2.45) is 0 Å². The number of ketones is 1. The predicted octanol–water partition coefficient (Wildman–Crippen LogP) is 3.11. The third-order valence-electron chi connectivity index (χ3n) is 2.86. The first-order chi connectivity index (χ1) is 9.10. The number of rotatable bonds is 4. The van der Waals surface area contributed by atoms with Gasteiger partial charge >= 0.3 is 0 Å². The molecule has 0 saturated heterocycles. The zero-order chi connectivity index (χ0) is 13.8. The molecule has 3 heteroatoms. The van der Waals surface area contributed by atoms with Gasteiger partial charge in [0.1, 0.15) is 5.75 Å². The Balaban J connectivity index is 2.34. The summed E-state index contributed by atoms with van der Waals surface area (Å²) in [4.78, 5) is 13.8. The summed E-state index contributed by atoms with van der Waals surface area (Å²) in [5, 5.41) is 2.09. The number of carbonyl (C=O) groups is 1. The van der Waals surface area contributed by atoms with Crippen LogP contribution in [-0.2, 0) is 0 Å². The summed E-state index contributed by atoms with van der Waals surface area (Å²) in [6.07, 6.45) is 3.32. The molecule has 0 saturated carbocycles. The zero-order valence-corrected chi connectivity index (χ0v) is 11.4. The van der Waals surface area contributed by atoms with Crippen molar-refractivity contribution in [3.05, 3.63) is 54.2 Å². The van der Waals surface area contributed by atoms with Crippen molar-refractivity contribution in [1.29, 1.82) is 0 Å². The van der Waals surface area contributed by atoms with Crippen molar-refractivity contribution in [3.8, 4) is 5.75 Å². The van der Waals surface area contributed by atoms with Gasteiger partial charge in [0.15, 0.2) is 5.78 Å². The Hall–Kier alpha value is -2.29. The lowest BCUT2D eigenvalue weighted by molar-refractivity contribution is 0.104. The first-order valence-corrected chi connectivity index (χ1v) is 6.07. The van der Waals surface area contributed by atoms with E-state index >= 15 is 0 Å². The van der Waals surface area contributed by atoms with Crippen molar-refractivity contribution in [2.45, 2.75) is 0 Å². The zero-order valence-electron chi connectivity index (χ0n) is 11.4. The van der Waals surface area contributed by atoms with Gasteiger partial charge < -0.3 is 9.64 Å². The van der Waals surface area contributed by atoms with Crippen molar-refractivity contribution in [1.82, 2.24) is 4.90 Å². The fraction of sp³-hybridized carbons (Fsp3) is 0.188. The van der Waals surface area contributed by atoms with Crippen LogP contribution in [0.4, 0.5) is 0 Å². The molecule has 2 rings (SSSR count). The molecule has 0 radical (unpaired) electrons. The molecule has 2 aromatic carbocycles. The summed E-state index contributed by atoms with van der Waals surface area (Å²) in [7, 11) is 5.41. The minimum Gasteiger partial charge on any atom is -0.497 e. The molecule has 0 fully saturated rings. The van der Waals surface area contributed by atoms with Crippen LogP contribution < -0.4 is 4.74 Å². The van der Waals surface area contributed by atoms with Crippen molar-refractivity contribution in [3.63, 3.8) is 0 Å². The molecule has 0 atom stereocenters. The second kappa shape index (κ2) is 5.57. The largest absolute Gasteiger partial charge is 0.497 e. The smallest absolute Gasteiger partial charge is 0.187 e. The van der Waals surface area contributed by atoms with Crippen LogP contribution in [0.15, 0.2) is 48.7 Å². The second-order valence-electron chi connectivity index (χ2n) is 4.57. The summed E-state index contributed by atoms with van der Waals surface area (Å²) in [5.74, 6) is 0.825. The van der Waals surface area contributed by atoms with Gasteiger partial charge in [0.2, 0.25) is 0 Å². The summed E-state index contributed by atoms with van der Waals surface area (Å²) in [5.41, 5.74) is 0.691. The molecule has 0 aromatic heterocycles. The molecule has 19 heavy (non-hydrogen) atoms. The molecule has 0 aliphatic rings. The predicted molar refractivity (Wildman–Crippen MR) is 77.7 cm³/mol. The molecule has 2 aromatic rings. The number of methoxy groups -OCH3 is 1. The van der Waals surface area contributed by atoms with Gasteiger partial charge in [-0.25, -0.2) is 0 Å². The maximum Gasteiger partial charge on any atom is 0.187 e. The quantitative estimate of drug-likeness (QED) is 0.621. The van der Waals surface area contributed by atoms with Crippen molar-refractivity contribution in [2.75, 3.05) is 21.2 Å². The van der Waals surface area contributed by atoms with E-state index in [1.165, 1.54) is 0 Å². The number of benzene rings is 2. The molecule has 0 N–H and O–H groups in total. The number of ether oxygens (including phenoxy) is 1. The highest BCUT2D eigenvalue weighted by molar-refractivity contribution is 6.06. The Morgan fingerprint density at radius 2 is 1.79 bits per heavy atom. The topological polar surface area (TPSA) is 29.5 Å². The number of nitrogens with zero attached hydrogens (tertiary/aromatic N) is 1. The molecule has 0 spiro atoms. The molecule has 3 nitrogen and oxygen atoms in total. The standard InChI is InChI=1S/C16H17NO2/c1-17(2)9-8-16(18)14-5-4-13-11-15(19-3)7-6-12(13)10-14/h4-11H,1-3H3/b9-8+. The number of allylic oxidation sites excluding steroid dienone is 1. The SMILES string of the molecule is COc1ccc2cc(C(=O)/C=C/N(C)C)ccc2c1. The van der Waals surface area contributed by atoms with Crippen molar-refractivity contribution >= 4 is 16.6 Å². The number of hydrogen-bond acceptors (Lipinski definition) is 3. The van der Waals surface area contributed by atoms with Gasteiger partial charge in [0.05, 0.1) is 7.11 Å². The molecule has 98 valence electrons. The lowest BCUT2D eigenvalue weighted by Crippen LogP contribution is -2.03. The van der Waals surface area contributed by atoms with E-state index in [4.69, 9.17) is 4.74 Å². The van der Waals surface area contributed by atoms with E-state index in [1.807, 2.05) is 55.4 Å². The molecule has 0 amide bonds. The van der Waals surface area contributed by atoms with E-state index in [-0.39, 0.29) is 5.78 Å². The molecular weight excluding hydrogens is 238 g/mol. The molecule has 0 aliphatic carbocycles. The molecule has 0 heterocycles. The van der Waals surface area contributed by atoms with E-state index in [9.17, 15) is 4.79 Å². The second-order valence-corrected chi connectivity index (χ2v) is 4.57. The Labute approximate surface area is 113 Å². The highest BCUT2D eigenvalue weighted by atomic mass is 16.5. The molecular formula is C16H17NO2. The van der Waals surface area contributed by atoms with Crippen LogP contribution in [0.3, 0.4) is 0 Å². The monoisotopic (exact) mass is 255 g/mol. The molecule has 0 aliphatic heterocycles. The van der Waals surface area contributed by atoms with E-state index in [0.717, 1.165) is 16.5 Å². The van der Waals surface area contributed by atoms with Crippen LogP contribution in [0.1, 0.15) is 10.4 Å². The normalized spacial score (nSPS) is 10.9. The highest BCUT2D eigenvalue weighted by Gasteiger charge is 2.04. The molecule has 0 bridgehead atoms. The fourth-order valence-electron chi connectivity index (χ4n) is 1.82. The lowest BCUT2D eigenvalue weighted by atomic mass is 10.0. The Kier molecular flexibility index (Phi) is 3.85. The minimum absolute atomic E-state index is 0.00594. The van der Waals surface area contributed by atoms with Gasteiger partial charge in [-0.3, -0.25) is 4.79 Å². The molecule has 0 unspecified atom stereocenters. The number of hydrogen-bond donors (Lipinski definition) is 0. The first kappa shape index (κ1) is 13.1. The summed E-state index contributed by atoms with van der Waals surface area (Å²) in [6.45, 7) is 0. The first-order valence-electron chi connectivity index (χ1n) is 6.07. The Morgan fingerprint density at radius 1 is 1.11 bits per heavy atom. The van der Waals surface area contributed by atoms with Crippen LogP contribution in [0.5, 0.6) is 5.75 Å². The minimum atomic E-state index is 0.00594. The summed E-state index contributed by atoms with van der Waals surface area (Å²) in [6, 6.07) is 11.5. The maximum atomic E-state index is 12.0. The van der Waals surface area contributed by atoms with Gasteiger partial charge in [-0.1, -0.05) is 18.2 Å². The average Bonchev–Trinajstić information content (AvgIpc) is 2.43. The van der Waals surface area contributed by atoms with Gasteiger partial charge in [-0.05, 0) is 29.0 Å². The Bertz CT molecular complexity index is 630. The maximum absolute atomic E-state index is 12.0. The summed E-state index contributed by atoms with van der Waals surface area (Å²) >= 11 is 0. The van der Waals surface area contributed by atoms with Crippen LogP contribution in [0.2, 0.25) is 0 Å². The van der Waals surface area contributed by atoms with E-state index in [2.05, 4.69) is 0 Å². The van der Waals surface area contributed by atoms with Crippen LogP contribution in [0.25, 0.3) is 10.8 Å². The van der Waals surface area contributed by atoms with Gasteiger partial charge in [-0.15, -0.1) is 0 Å². The lowest BCUT2D eigenvalue weighted by Gasteiger charge is -2.05. The number of fused-ring (bicyclic) bond motifs is 1. The van der Waals surface area contributed by atoms with Crippen LogP contribution in [0, 0.1) is 0 Å².